The van der Waals surface area contributed by atoms with Crippen LogP contribution in [-0.4, -0.2) is 18.3 Å². The maximum atomic E-state index is 8.62. The molecule has 0 bridgehead atoms. The van der Waals surface area contributed by atoms with Gasteiger partial charge in [-0.25, -0.2) is 0 Å². The zero-order chi connectivity index (χ0) is 10.4. The first-order chi connectivity index (χ1) is 6.74. The topological polar surface area (TPSA) is 32.3 Å². The van der Waals surface area contributed by atoms with E-state index in [0.29, 0.717) is 0 Å². The number of nitrogens with one attached hydrogen (secondary N) is 1. The average Bonchev–Trinajstić information content (AvgIpc) is 2.18. The van der Waals surface area contributed by atoms with Gasteiger partial charge in [-0.2, -0.15) is 0 Å². The number of unbranched alkanes of at least 4 members (excludes halogenated alkanes) is 1. The van der Waals surface area contributed by atoms with Crippen molar-refractivity contribution in [3.05, 3.63) is 27.1 Å². The van der Waals surface area contributed by atoms with Crippen LogP contribution in [0.5, 0.6) is 0 Å². The molecule has 0 saturated carbocycles. The number of aliphatic hydroxyl groups is 1. The fourth-order valence-corrected chi connectivity index (χ4v) is 1.84. The van der Waals surface area contributed by atoms with Crippen molar-refractivity contribution in [2.75, 3.05) is 18.5 Å². The van der Waals surface area contributed by atoms with Crippen LogP contribution < -0.4 is 5.32 Å². The minimum absolute atomic E-state index is 0.265. The standard InChI is InChI=1S/C10H13Br2NO/c11-8-3-4-9(12)10(7-8)13-5-1-2-6-14/h3-4,7,13-14H,1-2,5-6H2. The molecule has 0 amide bonds. The molecular formula is C10H13Br2NO. The lowest BCUT2D eigenvalue weighted by atomic mass is 10.3. The Labute approximate surface area is 101 Å². The van der Waals surface area contributed by atoms with Gasteiger partial charge in [0, 0.05) is 27.8 Å². The predicted octanol–water partition coefficient (Wildman–Crippen LogP) is 3.40. The second-order valence-electron chi connectivity index (χ2n) is 2.98. The second kappa shape index (κ2) is 6.43. The molecule has 0 aliphatic carbocycles. The molecular weight excluding hydrogens is 310 g/mol. The molecule has 0 spiro atoms. The van der Waals surface area contributed by atoms with Gasteiger partial charge in [0.2, 0.25) is 0 Å². The van der Waals surface area contributed by atoms with Gasteiger partial charge in [-0.15, -0.1) is 0 Å². The summed E-state index contributed by atoms with van der Waals surface area (Å²) >= 11 is 6.88. The number of hydrogen-bond donors (Lipinski definition) is 2. The number of benzene rings is 1. The summed E-state index contributed by atoms with van der Waals surface area (Å²) in [6.07, 6.45) is 1.83. The molecule has 0 radical (unpaired) electrons. The highest BCUT2D eigenvalue weighted by atomic mass is 79.9. The van der Waals surface area contributed by atoms with Crippen molar-refractivity contribution in [3.63, 3.8) is 0 Å². The molecule has 0 aliphatic heterocycles. The molecule has 0 saturated heterocycles. The van der Waals surface area contributed by atoms with Gasteiger partial charge in [0.1, 0.15) is 0 Å². The van der Waals surface area contributed by atoms with Crippen molar-refractivity contribution < 1.29 is 5.11 Å². The van der Waals surface area contributed by atoms with Gasteiger partial charge in [-0.05, 0) is 47.0 Å². The van der Waals surface area contributed by atoms with Gasteiger partial charge in [0.15, 0.2) is 0 Å². The first-order valence-electron chi connectivity index (χ1n) is 4.54. The van der Waals surface area contributed by atoms with Gasteiger partial charge in [0.25, 0.3) is 0 Å². The largest absolute Gasteiger partial charge is 0.396 e. The fourth-order valence-electron chi connectivity index (χ4n) is 1.09. The highest BCUT2D eigenvalue weighted by Crippen LogP contribution is 2.25. The molecule has 0 unspecified atom stereocenters. The molecule has 0 heterocycles. The summed E-state index contributed by atoms with van der Waals surface area (Å²) in [4.78, 5) is 0. The van der Waals surface area contributed by atoms with Crippen LogP contribution in [-0.2, 0) is 0 Å². The summed E-state index contributed by atoms with van der Waals surface area (Å²) in [5.74, 6) is 0. The van der Waals surface area contributed by atoms with E-state index in [4.69, 9.17) is 5.11 Å². The molecule has 14 heavy (non-hydrogen) atoms. The normalized spacial score (nSPS) is 10.2. The third-order valence-electron chi connectivity index (χ3n) is 1.83. The van der Waals surface area contributed by atoms with E-state index >= 15 is 0 Å². The molecule has 1 rings (SSSR count). The van der Waals surface area contributed by atoms with Crippen molar-refractivity contribution >= 4 is 37.5 Å². The van der Waals surface area contributed by atoms with Gasteiger partial charge in [-0.3, -0.25) is 0 Å². The third kappa shape index (κ3) is 3.98. The Kier molecular flexibility index (Phi) is 5.52. The van der Waals surface area contributed by atoms with Crippen LogP contribution >= 0.6 is 31.9 Å². The molecule has 0 aliphatic rings. The summed E-state index contributed by atoms with van der Waals surface area (Å²) in [5.41, 5.74) is 1.08. The first kappa shape index (κ1) is 12.0. The van der Waals surface area contributed by atoms with Gasteiger partial charge < -0.3 is 10.4 Å². The lowest BCUT2D eigenvalue weighted by molar-refractivity contribution is 0.286. The first-order valence-corrected chi connectivity index (χ1v) is 6.12. The van der Waals surface area contributed by atoms with Gasteiger partial charge >= 0.3 is 0 Å². The molecule has 0 atom stereocenters. The Morgan fingerprint density at radius 2 is 2.00 bits per heavy atom. The molecule has 1 aromatic carbocycles. The number of halogens is 2. The van der Waals surface area contributed by atoms with Gasteiger partial charge in [0.05, 0.1) is 0 Å². The van der Waals surface area contributed by atoms with Crippen molar-refractivity contribution in [1.29, 1.82) is 0 Å². The molecule has 2 nitrogen and oxygen atoms in total. The van der Waals surface area contributed by atoms with E-state index in [1.807, 2.05) is 18.2 Å². The van der Waals surface area contributed by atoms with Crippen LogP contribution in [0.1, 0.15) is 12.8 Å². The molecule has 0 aromatic heterocycles. The van der Waals surface area contributed by atoms with Crippen LogP contribution in [0.25, 0.3) is 0 Å². The number of hydrogen-bond acceptors (Lipinski definition) is 2. The Hall–Kier alpha value is -0.0600. The second-order valence-corrected chi connectivity index (χ2v) is 4.75. The molecule has 1 aromatic rings. The molecule has 78 valence electrons. The third-order valence-corrected chi connectivity index (χ3v) is 3.01. The van der Waals surface area contributed by atoms with Crippen molar-refractivity contribution in [2.45, 2.75) is 12.8 Å². The molecule has 2 N–H and O–H groups in total. The van der Waals surface area contributed by atoms with E-state index in [1.165, 1.54) is 0 Å². The summed E-state index contributed by atoms with van der Waals surface area (Å²) in [6, 6.07) is 6.02. The van der Waals surface area contributed by atoms with E-state index in [-0.39, 0.29) is 6.61 Å². The van der Waals surface area contributed by atoms with Crippen LogP contribution in [0.3, 0.4) is 0 Å². The molecule has 4 heteroatoms. The Bertz CT molecular complexity index is 291. The van der Waals surface area contributed by atoms with E-state index in [9.17, 15) is 0 Å². The maximum Gasteiger partial charge on any atom is 0.0495 e. The number of anilines is 1. The highest BCUT2D eigenvalue weighted by Gasteiger charge is 1.98. The fraction of sp³-hybridized carbons (Fsp3) is 0.400. The quantitative estimate of drug-likeness (QED) is 0.814. The van der Waals surface area contributed by atoms with E-state index in [1.54, 1.807) is 0 Å². The zero-order valence-corrected chi connectivity index (χ0v) is 10.9. The summed E-state index contributed by atoms with van der Waals surface area (Å²) < 4.78 is 2.12. The predicted molar refractivity (Wildman–Crippen MR) is 66.7 cm³/mol. The summed E-state index contributed by atoms with van der Waals surface area (Å²) in [7, 11) is 0. The Balaban J connectivity index is 2.45. The lowest BCUT2D eigenvalue weighted by Gasteiger charge is -2.08. The van der Waals surface area contributed by atoms with Crippen molar-refractivity contribution in [1.82, 2.24) is 0 Å². The lowest BCUT2D eigenvalue weighted by Crippen LogP contribution is -2.02. The zero-order valence-electron chi connectivity index (χ0n) is 7.76. The van der Waals surface area contributed by atoms with Crippen molar-refractivity contribution in [2.24, 2.45) is 0 Å². The van der Waals surface area contributed by atoms with E-state index in [0.717, 1.165) is 34.0 Å². The monoisotopic (exact) mass is 321 g/mol. The van der Waals surface area contributed by atoms with Crippen LogP contribution in [0.4, 0.5) is 5.69 Å². The summed E-state index contributed by atoms with van der Waals surface area (Å²) in [5, 5.41) is 11.9. The Morgan fingerprint density at radius 1 is 1.21 bits per heavy atom. The van der Waals surface area contributed by atoms with E-state index in [2.05, 4.69) is 37.2 Å². The SMILES string of the molecule is OCCCCNc1cc(Br)ccc1Br. The van der Waals surface area contributed by atoms with Crippen molar-refractivity contribution in [3.8, 4) is 0 Å². The minimum atomic E-state index is 0.265. The Morgan fingerprint density at radius 3 is 2.71 bits per heavy atom. The molecule has 0 fully saturated rings. The summed E-state index contributed by atoms with van der Waals surface area (Å²) in [6.45, 7) is 1.15. The van der Waals surface area contributed by atoms with Crippen LogP contribution in [0.2, 0.25) is 0 Å². The maximum absolute atomic E-state index is 8.62. The van der Waals surface area contributed by atoms with Crippen LogP contribution in [0, 0.1) is 0 Å². The van der Waals surface area contributed by atoms with Crippen LogP contribution in [0.15, 0.2) is 27.1 Å². The minimum Gasteiger partial charge on any atom is -0.396 e. The van der Waals surface area contributed by atoms with E-state index < -0.39 is 0 Å². The average molecular weight is 323 g/mol. The number of aliphatic hydroxyl groups excluding tert-OH is 1. The smallest absolute Gasteiger partial charge is 0.0495 e. The van der Waals surface area contributed by atoms with Gasteiger partial charge in [-0.1, -0.05) is 15.9 Å². The number of rotatable bonds is 5. The highest BCUT2D eigenvalue weighted by molar-refractivity contribution is 9.11.